The van der Waals surface area contributed by atoms with Crippen molar-refractivity contribution < 1.29 is 35.1 Å². The lowest BCUT2D eigenvalue weighted by atomic mass is 10.0. The summed E-state index contributed by atoms with van der Waals surface area (Å²) in [7, 11) is 0. The van der Waals surface area contributed by atoms with Gasteiger partial charge in [0.25, 0.3) is 5.91 Å². The highest BCUT2D eigenvalue weighted by Crippen LogP contribution is 2.11. The number of hydrogen-bond acceptors (Lipinski definition) is 6. The number of carboxylic acids is 1. The number of aliphatic hydroxyl groups is 4. The molecule has 164 valence electrons. The van der Waals surface area contributed by atoms with Crippen molar-refractivity contribution in [3.8, 4) is 0 Å². The first-order chi connectivity index (χ1) is 13.3. The summed E-state index contributed by atoms with van der Waals surface area (Å²) in [5.74, 6) is -2.76. The normalized spacial score (nSPS) is 15.9. The Bertz CT molecular complexity index is 456. The molecule has 28 heavy (non-hydrogen) atoms. The number of hydrogen-bond donors (Lipinski definition) is 6. The van der Waals surface area contributed by atoms with Gasteiger partial charge in [-0.3, -0.25) is 4.79 Å². The minimum absolute atomic E-state index is 0.760. The molecule has 0 aromatic carbocycles. The number of aliphatic hydroxyl groups excluding tert-OH is 4. The Labute approximate surface area is 167 Å². The smallest absolute Gasteiger partial charge is 0.335 e. The van der Waals surface area contributed by atoms with E-state index >= 15 is 0 Å². The van der Waals surface area contributed by atoms with Crippen molar-refractivity contribution in [2.24, 2.45) is 0 Å². The van der Waals surface area contributed by atoms with Crippen LogP contribution in [0.2, 0.25) is 0 Å². The zero-order valence-corrected chi connectivity index (χ0v) is 16.8. The van der Waals surface area contributed by atoms with Crippen LogP contribution in [0.1, 0.15) is 77.6 Å². The van der Waals surface area contributed by atoms with E-state index < -0.39 is 36.3 Å². The van der Waals surface area contributed by atoms with E-state index in [9.17, 15) is 24.9 Å². The highest BCUT2D eigenvalue weighted by Gasteiger charge is 2.37. The summed E-state index contributed by atoms with van der Waals surface area (Å²) >= 11 is 0. The first-order valence-corrected chi connectivity index (χ1v) is 10.2. The van der Waals surface area contributed by atoms with E-state index in [1.807, 2.05) is 0 Å². The second-order valence-electron chi connectivity index (χ2n) is 7.09. The minimum atomic E-state index is -2.30. The fourth-order valence-electron chi connectivity index (χ4n) is 2.73. The molecule has 6 N–H and O–H groups in total. The summed E-state index contributed by atoms with van der Waals surface area (Å²) in [6.07, 6.45) is 7.48. The molecule has 0 aromatic rings. The Hall–Kier alpha value is -1.48. The molecule has 0 saturated heterocycles. The number of amides is 1. The van der Waals surface area contributed by atoms with Crippen molar-refractivity contribution >= 4 is 11.9 Å². The number of carbonyl (C=O) groups excluding carboxylic acids is 1. The summed E-state index contributed by atoms with van der Waals surface area (Å²) in [4.78, 5) is 22.2. The molecule has 0 bridgehead atoms. The van der Waals surface area contributed by atoms with Crippen molar-refractivity contribution in [3.05, 3.63) is 12.3 Å². The largest absolute Gasteiger partial charge is 0.479 e. The average Bonchev–Trinajstić information content (AvgIpc) is 2.68. The van der Waals surface area contributed by atoms with Gasteiger partial charge in [-0.1, -0.05) is 70.8 Å². The van der Waals surface area contributed by atoms with Crippen molar-refractivity contribution in [1.29, 1.82) is 0 Å². The molecule has 8 heteroatoms. The van der Waals surface area contributed by atoms with Crippen molar-refractivity contribution in [2.75, 3.05) is 0 Å². The number of unbranched alkanes of at least 4 members (excludes halogenated alkanes) is 10. The number of allylic oxidation sites excluding steroid dienone is 1. The van der Waals surface area contributed by atoms with Crippen LogP contribution in [-0.4, -0.2) is 61.8 Å². The molecule has 0 aliphatic rings. The standard InChI is InChI=1S/C20H37NO7/c1-2-3-4-5-6-7-8-9-10-11-12-13-14-21-19(26)17(24)15(22)16(23)18(25)20(27)28/h13-18,22-25H,2-12H2,1H3,(H,21,26)(H,27,28)/b14-13+/t15-,16-,17+,18-/m1/s1. The van der Waals surface area contributed by atoms with E-state index in [-0.39, 0.29) is 0 Å². The van der Waals surface area contributed by atoms with E-state index in [4.69, 9.17) is 10.2 Å². The van der Waals surface area contributed by atoms with Crippen molar-refractivity contribution in [3.63, 3.8) is 0 Å². The van der Waals surface area contributed by atoms with Crippen molar-refractivity contribution in [1.82, 2.24) is 5.32 Å². The Morgan fingerprint density at radius 1 is 0.786 bits per heavy atom. The van der Waals surface area contributed by atoms with Gasteiger partial charge in [-0.2, -0.15) is 0 Å². The first-order valence-electron chi connectivity index (χ1n) is 10.2. The Morgan fingerprint density at radius 3 is 1.75 bits per heavy atom. The molecule has 0 fully saturated rings. The lowest BCUT2D eigenvalue weighted by Gasteiger charge is -2.23. The van der Waals surface area contributed by atoms with Crippen LogP contribution < -0.4 is 5.32 Å². The maximum Gasteiger partial charge on any atom is 0.335 e. The summed E-state index contributed by atoms with van der Waals surface area (Å²) in [6, 6.07) is 0. The zero-order chi connectivity index (χ0) is 21.4. The third kappa shape index (κ3) is 12.1. The molecule has 4 atom stereocenters. The van der Waals surface area contributed by atoms with E-state index in [2.05, 4.69) is 12.2 Å². The second kappa shape index (κ2) is 16.5. The number of nitrogens with one attached hydrogen (secondary N) is 1. The summed E-state index contributed by atoms with van der Waals surface area (Å²) < 4.78 is 0. The highest BCUT2D eigenvalue weighted by molar-refractivity contribution is 5.82. The van der Waals surface area contributed by atoms with E-state index in [1.54, 1.807) is 6.08 Å². The van der Waals surface area contributed by atoms with Crippen LogP contribution in [-0.2, 0) is 9.59 Å². The fraction of sp³-hybridized carbons (Fsp3) is 0.800. The quantitative estimate of drug-likeness (QED) is 0.201. The average molecular weight is 404 g/mol. The third-order valence-electron chi connectivity index (χ3n) is 4.59. The predicted octanol–water partition coefficient (Wildman–Crippen LogP) is 1.46. The Morgan fingerprint density at radius 2 is 1.25 bits per heavy atom. The molecule has 0 heterocycles. The monoisotopic (exact) mass is 403 g/mol. The molecule has 0 aliphatic carbocycles. The fourth-order valence-corrected chi connectivity index (χ4v) is 2.73. The molecule has 0 aliphatic heterocycles. The maximum atomic E-state index is 11.7. The molecular formula is C20H37NO7. The molecule has 0 unspecified atom stereocenters. The van der Waals surface area contributed by atoms with Gasteiger partial charge in [-0.15, -0.1) is 0 Å². The van der Waals surface area contributed by atoms with Gasteiger partial charge in [-0.25, -0.2) is 4.79 Å². The number of rotatable bonds is 17. The van der Waals surface area contributed by atoms with E-state index in [0.717, 1.165) is 19.3 Å². The highest BCUT2D eigenvalue weighted by atomic mass is 16.4. The van der Waals surface area contributed by atoms with Gasteiger partial charge in [0, 0.05) is 0 Å². The molecule has 8 nitrogen and oxygen atoms in total. The second-order valence-corrected chi connectivity index (χ2v) is 7.09. The Kier molecular flexibility index (Phi) is 15.6. The Balaban J connectivity index is 3.81. The van der Waals surface area contributed by atoms with Gasteiger partial charge < -0.3 is 30.8 Å². The molecule has 1 amide bonds. The minimum Gasteiger partial charge on any atom is -0.479 e. The SMILES string of the molecule is CCCCCCCCCCCC/C=C/NC(=O)[C@@H](O)[C@H](O)[C@@H](O)[C@@H](O)C(=O)O. The van der Waals surface area contributed by atoms with Gasteiger partial charge in [0.15, 0.2) is 12.2 Å². The van der Waals surface area contributed by atoms with Gasteiger partial charge in [0.05, 0.1) is 0 Å². The van der Waals surface area contributed by atoms with Gasteiger partial charge in [0.1, 0.15) is 12.2 Å². The van der Waals surface area contributed by atoms with Crippen LogP contribution >= 0.6 is 0 Å². The predicted molar refractivity (Wildman–Crippen MR) is 105 cm³/mol. The van der Waals surface area contributed by atoms with Crippen LogP contribution in [0.15, 0.2) is 12.3 Å². The molecular weight excluding hydrogens is 366 g/mol. The lowest BCUT2D eigenvalue weighted by Crippen LogP contribution is -2.52. The molecule has 0 saturated carbocycles. The zero-order valence-electron chi connectivity index (χ0n) is 16.8. The van der Waals surface area contributed by atoms with Crippen LogP contribution in [0.5, 0.6) is 0 Å². The van der Waals surface area contributed by atoms with Gasteiger partial charge in [-0.05, 0) is 19.0 Å². The van der Waals surface area contributed by atoms with Gasteiger partial charge >= 0.3 is 5.97 Å². The lowest BCUT2D eigenvalue weighted by molar-refractivity contribution is -0.166. The third-order valence-corrected chi connectivity index (χ3v) is 4.59. The molecule has 0 aromatic heterocycles. The van der Waals surface area contributed by atoms with Crippen molar-refractivity contribution in [2.45, 2.75) is 102 Å². The topological polar surface area (TPSA) is 147 Å². The molecule has 0 spiro atoms. The van der Waals surface area contributed by atoms with Crippen LogP contribution in [0.4, 0.5) is 0 Å². The number of aliphatic carboxylic acids is 1. The van der Waals surface area contributed by atoms with E-state index in [1.165, 1.54) is 57.6 Å². The van der Waals surface area contributed by atoms with Crippen LogP contribution in [0, 0.1) is 0 Å². The number of carbonyl (C=O) groups is 2. The molecule has 0 rings (SSSR count). The molecule has 0 radical (unpaired) electrons. The van der Waals surface area contributed by atoms with Crippen LogP contribution in [0.25, 0.3) is 0 Å². The first kappa shape index (κ1) is 26.5. The summed E-state index contributed by atoms with van der Waals surface area (Å²) in [5.41, 5.74) is 0. The van der Waals surface area contributed by atoms with E-state index in [0.29, 0.717) is 0 Å². The van der Waals surface area contributed by atoms with Crippen LogP contribution in [0.3, 0.4) is 0 Å². The number of carboxylic acid groups (broad SMARTS) is 1. The van der Waals surface area contributed by atoms with Gasteiger partial charge in [0.2, 0.25) is 0 Å². The summed E-state index contributed by atoms with van der Waals surface area (Å²) in [5, 5.41) is 48.5. The maximum absolute atomic E-state index is 11.7. The summed E-state index contributed by atoms with van der Waals surface area (Å²) in [6.45, 7) is 2.21.